The number of carbonyl (C=O) groups is 2. The van der Waals surface area contributed by atoms with Crippen molar-refractivity contribution in [3.63, 3.8) is 0 Å². The number of rotatable bonds is 6. The summed E-state index contributed by atoms with van der Waals surface area (Å²) >= 11 is 0. The first-order valence-corrected chi connectivity index (χ1v) is 9.75. The van der Waals surface area contributed by atoms with Crippen molar-refractivity contribution in [1.82, 2.24) is 9.78 Å². The number of ether oxygens (including phenoxy) is 2. The first-order chi connectivity index (χ1) is 14.2. The van der Waals surface area contributed by atoms with Gasteiger partial charge in [-0.15, -0.1) is 0 Å². The minimum absolute atomic E-state index is 0.0601. The van der Waals surface area contributed by atoms with E-state index in [1.165, 1.54) is 29.7 Å². The predicted octanol–water partition coefficient (Wildman–Crippen LogP) is 0.780. The van der Waals surface area contributed by atoms with Crippen molar-refractivity contribution in [2.75, 3.05) is 25.2 Å². The van der Waals surface area contributed by atoms with Crippen LogP contribution in [0, 0.1) is 0 Å². The van der Waals surface area contributed by atoms with E-state index in [0.717, 1.165) is 5.56 Å². The van der Waals surface area contributed by atoms with Gasteiger partial charge in [0.15, 0.2) is 0 Å². The van der Waals surface area contributed by atoms with Crippen LogP contribution in [0.3, 0.4) is 0 Å². The van der Waals surface area contributed by atoms with Gasteiger partial charge in [0.1, 0.15) is 5.41 Å². The van der Waals surface area contributed by atoms with Gasteiger partial charge < -0.3 is 14.4 Å². The Kier molecular flexibility index (Phi) is 5.67. The highest BCUT2D eigenvalue weighted by atomic mass is 16.5. The molecular weight excluding hydrogens is 388 g/mol. The average molecular weight is 414 g/mol. The molecule has 1 aliphatic heterocycles. The van der Waals surface area contributed by atoms with Gasteiger partial charge in [0.2, 0.25) is 5.66 Å². The highest BCUT2D eigenvalue weighted by Gasteiger charge is 2.68. The Morgan fingerprint density at radius 1 is 1.10 bits per heavy atom. The van der Waals surface area contributed by atoms with Crippen LogP contribution >= 0.6 is 0 Å². The fourth-order valence-electron chi connectivity index (χ4n) is 3.90. The van der Waals surface area contributed by atoms with Crippen molar-refractivity contribution in [1.29, 1.82) is 0 Å². The van der Waals surface area contributed by atoms with Crippen LogP contribution in [-0.4, -0.2) is 47.6 Å². The summed E-state index contributed by atoms with van der Waals surface area (Å²) < 4.78 is 11.7. The Hall–Kier alpha value is -3.20. The Morgan fingerprint density at radius 2 is 1.70 bits per heavy atom. The van der Waals surface area contributed by atoms with E-state index in [0.29, 0.717) is 0 Å². The first-order valence-electron chi connectivity index (χ1n) is 9.75. The number of benzene rings is 1. The predicted molar refractivity (Wildman–Crippen MR) is 110 cm³/mol. The second-order valence-corrected chi connectivity index (χ2v) is 7.24. The zero-order chi connectivity index (χ0) is 22.1. The van der Waals surface area contributed by atoms with E-state index in [-0.39, 0.29) is 31.0 Å². The van der Waals surface area contributed by atoms with Crippen molar-refractivity contribution in [2.45, 2.75) is 38.4 Å². The van der Waals surface area contributed by atoms with Gasteiger partial charge in [0.25, 0.3) is 5.56 Å². The molecule has 160 valence electrons. The maximum absolute atomic E-state index is 13.5. The van der Waals surface area contributed by atoms with Gasteiger partial charge in [-0.25, -0.2) is 9.48 Å². The van der Waals surface area contributed by atoms with Crippen molar-refractivity contribution in [3.05, 3.63) is 58.0 Å². The molecule has 0 radical (unpaired) electrons. The molecule has 2 unspecified atom stereocenters. The quantitative estimate of drug-likeness (QED) is 0.690. The monoisotopic (exact) mass is 414 g/mol. The van der Waals surface area contributed by atoms with Crippen LogP contribution in [0.5, 0.6) is 0 Å². The van der Waals surface area contributed by atoms with Gasteiger partial charge in [0.05, 0.1) is 37.2 Å². The van der Waals surface area contributed by atoms with E-state index >= 15 is 0 Å². The van der Waals surface area contributed by atoms with Gasteiger partial charge in [-0.2, -0.15) is 5.10 Å². The molecule has 1 aliphatic rings. The van der Waals surface area contributed by atoms with E-state index in [1.54, 1.807) is 13.8 Å². The number of carbonyl (C=O) groups excluding carboxylic acids is 2. The summed E-state index contributed by atoms with van der Waals surface area (Å²) in [5.74, 6) is -1.60. The number of aromatic nitrogens is 2. The number of nitrogens with zero attached hydrogens (tertiary/aromatic N) is 3. The SMILES string of the molecule is CCOC(=O)C1(C)c2c(cnn(Cc3ccccc3)c2=O)N(C)C1(N)C(=O)OCC. The van der Waals surface area contributed by atoms with Crippen molar-refractivity contribution >= 4 is 17.6 Å². The largest absolute Gasteiger partial charge is 0.465 e. The second-order valence-electron chi connectivity index (χ2n) is 7.24. The Balaban J connectivity index is 2.22. The average Bonchev–Trinajstić information content (AvgIpc) is 2.91. The fraction of sp³-hybridized carbons (Fsp3) is 0.429. The molecule has 9 nitrogen and oxygen atoms in total. The van der Waals surface area contributed by atoms with Crippen molar-refractivity contribution < 1.29 is 19.1 Å². The van der Waals surface area contributed by atoms with Gasteiger partial charge in [-0.05, 0) is 26.3 Å². The smallest absolute Gasteiger partial charge is 0.348 e. The summed E-state index contributed by atoms with van der Waals surface area (Å²) in [6.45, 7) is 5.06. The van der Waals surface area contributed by atoms with Crippen molar-refractivity contribution in [3.8, 4) is 0 Å². The Morgan fingerprint density at radius 3 is 2.30 bits per heavy atom. The third-order valence-corrected chi connectivity index (χ3v) is 5.62. The molecule has 1 aromatic heterocycles. The van der Waals surface area contributed by atoms with Gasteiger partial charge in [-0.3, -0.25) is 15.3 Å². The Labute approximate surface area is 174 Å². The minimum atomic E-state index is -1.97. The van der Waals surface area contributed by atoms with Gasteiger partial charge in [0, 0.05) is 7.05 Å². The second kappa shape index (κ2) is 7.91. The highest BCUT2D eigenvalue weighted by molar-refractivity contribution is 6.02. The molecule has 0 amide bonds. The molecule has 0 saturated heterocycles. The van der Waals surface area contributed by atoms with Crippen LogP contribution in [0.4, 0.5) is 5.69 Å². The topological polar surface area (TPSA) is 117 Å². The summed E-state index contributed by atoms with van der Waals surface area (Å²) in [6, 6.07) is 9.32. The van der Waals surface area contributed by atoms with Crippen LogP contribution in [0.2, 0.25) is 0 Å². The highest BCUT2D eigenvalue weighted by Crippen LogP contribution is 2.48. The molecule has 2 heterocycles. The molecule has 0 fully saturated rings. The molecule has 3 rings (SSSR count). The maximum atomic E-state index is 13.5. The number of hydrogen-bond acceptors (Lipinski definition) is 8. The van der Waals surface area contributed by atoms with E-state index in [4.69, 9.17) is 15.2 Å². The van der Waals surface area contributed by atoms with Crippen LogP contribution < -0.4 is 16.2 Å². The summed E-state index contributed by atoms with van der Waals surface area (Å²) in [4.78, 5) is 40.9. The molecule has 2 atom stereocenters. The zero-order valence-electron chi connectivity index (χ0n) is 17.5. The third kappa shape index (κ3) is 2.97. The molecule has 2 N–H and O–H groups in total. The number of anilines is 1. The summed E-state index contributed by atoms with van der Waals surface area (Å²) in [7, 11) is 1.53. The lowest BCUT2D eigenvalue weighted by Gasteiger charge is -2.40. The van der Waals surface area contributed by atoms with E-state index in [2.05, 4.69) is 5.10 Å². The standard InChI is InChI=1S/C21H26N4O5/c1-5-29-18(27)20(3)16-15(24(4)21(20,22)19(28)30-6-2)12-23-25(17(16)26)13-14-10-8-7-9-11-14/h7-12H,5-6,13,22H2,1-4H3. The van der Waals surface area contributed by atoms with Crippen LogP contribution in [-0.2, 0) is 31.0 Å². The molecule has 1 aromatic carbocycles. The molecule has 0 saturated carbocycles. The van der Waals surface area contributed by atoms with E-state index < -0.39 is 28.6 Å². The van der Waals surface area contributed by atoms with Crippen molar-refractivity contribution in [2.24, 2.45) is 5.73 Å². The molecule has 30 heavy (non-hydrogen) atoms. The first kappa shape index (κ1) is 21.5. The molecule has 9 heteroatoms. The van der Waals surface area contributed by atoms with Gasteiger partial charge >= 0.3 is 11.9 Å². The molecule has 0 spiro atoms. The lowest BCUT2D eigenvalue weighted by molar-refractivity contribution is -0.163. The number of likely N-dealkylation sites (N-methyl/N-ethyl adjacent to an activating group) is 1. The van der Waals surface area contributed by atoms with Crippen LogP contribution in [0.1, 0.15) is 31.9 Å². The normalized spacial score (nSPS) is 22.5. The minimum Gasteiger partial charge on any atom is -0.465 e. The van der Waals surface area contributed by atoms with Crippen LogP contribution in [0.25, 0.3) is 0 Å². The molecule has 0 bridgehead atoms. The lowest BCUT2D eigenvalue weighted by Crippen LogP contribution is -2.71. The maximum Gasteiger partial charge on any atom is 0.348 e. The number of hydrogen-bond donors (Lipinski definition) is 1. The Bertz CT molecular complexity index is 1020. The molecular formula is C21H26N4O5. The number of esters is 2. The zero-order valence-corrected chi connectivity index (χ0v) is 17.5. The molecule has 0 aliphatic carbocycles. The summed E-state index contributed by atoms with van der Waals surface area (Å²) in [5.41, 5.74) is 3.47. The van der Waals surface area contributed by atoms with E-state index in [9.17, 15) is 14.4 Å². The number of fused-ring (bicyclic) bond motifs is 1. The lowest BCUT2D eigenvalue weighted by atomic mass is 9.74. The number of nitrogens with two attached hydrogens (primary N) is 1. The molecule has 2 aromatic rings. The third-order valence-electron chi connectivity index (χ3n) is 5.62. The summed E-state index contributed by atoms with van der Waals surface area (Å²) in [6.07, 6.45) is 1.44. The van der Waals surface area contributed by atoms with E-state index in [1.807, 2.05) is 30.3 Å². The summed E-state index contributed by atoms with van der Waals surface area (Å²) in [5, 5.41) is 4.24. The fourth-order valence-corrected chi connectivity index (χ4v) is 3.90. The van der Waals surface area contributed by atoms with Crippen LogP contribution in [0.15, 0.2) is 41.3 Å². The van der Waals surface area contributed by atoms with Gasteiger partial charge in [-0.1, -0.05) is 30.3 Å².